The molecule has 0 bridgehead atoms. The standard InChI is InChI=1S/C15H17N3O/c1-9-6-10(8-16)7-13(14(9)17)15(19)18(11-2-3-11)12-4-5-12/h6-7,11-12H,2-5,17H2,1H3. The van der Waals surface area contributed by atoms with Gasteiger partial charge in [-0.2, -0.15) is 5.26 Å². The number of hydrogen-bond donors (Lipinski definition) is 1. The summed E-state index contributed by atoms with van der Waals surface area (Å²) in [5.41, 5.74) is 8.34. The van der Waals surface area contributed by atoms with Crippen LogP contribution in [0.5, 0.6) is 0 Å². The number of rotatable bonds is 3. The highest BCUT2D eigenvalue weighted by molar-refractivity contribution is 6.00. The van der Waals surface area contributed by atoms with Crippen LogP contribution in [0.4, 0.5) is 5.69 Å². The van der Waals surface area contributed by atoms with Crippen LogP contribution in [0.1, 0.15) is 47.2 Å². The second-order valence-electron chi connectivity index (χ2n) is 5.54. The van der Waals surface area contributed by atoms with Crippen molar-refractivity contribution < 1.29 is 4.79 Å². The van der Waals surface area contributed by atoms with E-state index in [0.717, 1.165) is 31.2 Å². The molecule has 0 spiro atoms. The molecule has 0 radical (unpaired) electrons. The number of aryl methyl sites for hydroxylation is 1. The quantitative estimate of drug-likeness (QED) is 0.842. The van der Waals surface area contributed by atoms with Gasteiger partial charge in [0.1, 0.15) is 0 Å². The molecule has 2 saturated carbocycles. The lowest BCUT2D eigenvalue weighted by molar-refractivity contribution is 0.0731. The fourth-order valence-corrected chi connectivity index (χ4v) is 2.51. The van der Waals surface area contributed by atoms with Crippen LogP contribution in [0.2, 0.25) is 0 Å². The lowest BCUT2D eigenvalue weighted by Crippen LogP contribution is -2.35. The molecule has 0 atom stereocenters. The van der Waals surface area contributed by atoms with Crippen LogP contribution in [-0.4, -0.2) is 22.9 Å². The van der Waals surface area contributed by atoms with E-state index in [-0.39, 0.29) is 5.91 Å². The molecule has 1 aromatic rings. The maximum Gasteiger partial charge on any atom is 0.256 e. The van der Waals surface area contributed by atoms with Gasteiger partial charge in [-0.15, -0.1) is 0 Å². The second kappa shape index (κ2) is 4.27. The zero-order chi connectivity index (χ0) is 13.6. The first-order valence-corrected chi connectivity index (χ1v) is 6.74. The summed E-state index contributed by atoms with van der Waals surface area (Å²) < 4.78 is 0. The lowest BCUT2D eigenvalue weighted by Gasteiger charge is -2.23. The van der Waals surface area contributed by atoms with E-state index in [1.54, 1.807) is 12.1 Å². The summed E-state index contributed by atoms with van der Waals surface area (Å²) in [5, 5.41) is 9.03. The van der Waals surface area contributed by atoms with Crippen LogP contribution in [0.3, 0.4) is 0 Å². The first kappa shape index (κ1) is 12.0. The minimum absolute atomic E-state index is 0.00250. The fraction of sp³-hybridized carbons (Fsp3) is 0.467. The van der Waals surface area contributed by atoms with E-state index in [9.17, 15) is 4.79 Å². The summed E-state index contributed by atoms with van der Waals surface area (Å²) in [5.74, 6) is 0.00250. The molecule has 19 heavy (non-hydrogen) atoms. The first-order valence-electron chi connectivity index (χ1n) is 6.74. The van der Waals surface area contributed by atoms with Crippen molar-refractivity contribution in [2.24, 2.45) is 0 Å². The van der Waals surface area contributed by atoms with E-state index in [2.05, 4.69) is 6.07 Å². The maximum absolute atomic E-state index is 12.7. The third kappa shape index (κ3) is 2.17. The molecular formula is C15H17N3O. The Morgan fingerprint density at radius 2 is 1.89 bits per heavy atom. The number of amides is 1. The number of hydrogen-bond acceptors (Lipinski definition) is 3. The van der Waals surface area contributed by atoms with Crippen molar-refractivity contribution in [3.63, 3.8) is 0 Å². The van der Waals surface area contributed by atoms with Crippen molar-refractivity contribution in [1.82, 2.24) is 4.90 Å². The fourth-order valence-electron chi connectivity index (χ4n) is 2.51. The third-order valence-corrected chi connectivity index (χ3v) is 3.86. The van der Waals surface area contributed by atoms with Crippen molar-refractivity contribution in [2.75, 3.05) is 5.73 Å². The van der Waals surface area contributed by atoms with E-state index in [4.69, 9.17) is 11.0 Å². The number of nitrogens with zero attached hydrogens (tertiary/aromatic N) is 2. The normalized spacial score (nSPS) is 17.9. The van der Waals surface area contributed by atoms with Gasteiger partial charge in [-0.05, 0) is 50.3 Å². The van der Waals surface area contributed by atoms with Crippen LogP contribution >= 0.6 is 0 Å². The van der Waals surface area contributed by atoms with Crippen LogP contribution in [0.25, 0.3) is 0 Å². The van der Waals surface area contributed by atoms with Gasteiger partial charge in [-0.3, -0.25) is 4.79 Å². The smallest absolute Gasteiger partial charge is 0.256 e. The molecule has 0 aromatic heterocycles. The summed E-state index contributed by atoms with van der Waals surface area (Å²) in [7, 11) is 0. The Balaban J connectivity index is 1.98. The molecule has 2 aliphatic carbocycles. The van der Waals surface area contributed by atoms with Crippen LogP contribution in [-0.2, 0) is 0 Å². The zero-order valence-corrected chi connectivity index (χ0v) is 11.0. The Labute approximate surface area is 112 Å². The van der Waals surface area contributed by atoms with Crippen LogP contribution < -0.4 is 5.73 Å². The molecule has 4 nitrogen and oxygen atoms in total. The van der Waals surface area contributed by atoms with E-state index >= 15 is 0 Å². The largest absolute Gasteiger partial charge is 0.398 e. The average Bonchev–Trinajstić information content (AvgIpc) is 3.25. The number of benzene rings is 1. The first-order chi connectivity index (χ1) is 9.11. The van der Waals surface area contributed by atoms with Gasteiger partial charge in [0, 0.05) is 17.8 Å². The molecular weight excluding hydrogens is 238 g/mol. The Morgan fingerprint density at radius 3 is 2.37 bits per heavy atom. The van der Waals surface area contributed by atoms with Gasteiger partial charge in [0.2, 0.25) is 0 Å². The molecule has 98 valence electrons. The predicted octanol–water partition coefficient (Wildman–Crippen LogP) is 2.22. The number of carbonyl (C=O) groups excluding carboxylic acids is 1. The SMILES string of the molecule is Cc1cc(C#N)cc(C(=O)N(C2CC2)C2CC2)c1N. The van der Waals surface area contributed by atoms with E-state index in [1.165, 1.54) is 0 Å². The minimum atomic E-state index is 0.00250. The summed E-state index contributed by atoms with van der Waals surface area (Å²) in [6, 6.07) is 6.23. The van der Waals surface area contributed by atoms with Gasteiger partial charge in [-0.25, -0.2) is 0 Å². The monoisotopic (exact) mass is 255 g/mol. The maximum atomic E-state index is 12.7. The number of carbonyl (C=O) groups is 1. The molecule has 0 unspecified atom stereocenters. The van der Waals surface area contributed by atoms with Crippen molar-refractivity contribution in [2.45, 2.75) is 44.7 Å². The van der Waals surface area contributed by atoms with E-state index in [1.807, 2.05) is 11.8 Å². The van der Waals surface area contributed by atoms with Crippen molar-refractivity contribution in [3.05, 3.63) is 28.8 Å². The molecule has 2 fully saturated rings. The number of nitrogen functional groups attached to an aromatic ring is 1. The number of nitriles is 1. The summed E-state index contributed by atoms with van der Waals surface area (Å²) >= 11 is 0. The second-order valence-corrected chi connectivity index (χ2v) is 5.54. The summed E-state index contributed by atoms with van der Waals surface area (Å²) in [6.07, 6.45) is 4.39. The molecule has 3 rings (SSSR count). The van der Waals surface area contributed by atoms with E-state index < -0.39 is 0 Å². The number of anilines is 1. The zero-order valence-electron chi connectivity index (χ0n) is 11.0. The Kier molecular flexibility index (Phi) is 2.70. The summed E-state index contributed by atoms with van der Waals surface area (Å²) in [4.78, 5) is 14.7. The molecule has 0 heterocycles. The lowest BCUT2D eigenvalue weighted by atomic mass is 10.0. The van der Waals surface area contributed by atoms with Gasteiger partial charge in [-0.1, -0.05) is 0 Å². The Hall–Kier alpha value is -2.02. The molecule has 4 heteroatoms. The van der Waals surface area contributed by atoms with Gasteiger partial charge in [0.15, 0.2) is 0 Å². The topological polar surface area (TPSA) is 70.1 Å². The molecule has 2 aliphatic rings. The van der Waals surface area contributed by atoms with Gasteiger partial charge >= 0.3 is 0 Å². The van der Waals surface area contributed by atoms with Gasteiger partial charge in [0.05, 0.1) is 17.2 Å². The highest BCUT2D eigenvalue weighted by atomic mass is 16.2. The summed E-state index contributed by atoms with van der Waals surface area (Å²) in [6.45, 7) is 1.84. The number of nitrogens with two attached hydrogens (primary N) is 1. The predicted molar refractivity (Wildman–Crippen MR) is 72.5 cm³/mol. The Bertz CT molecular complexity index is 568. The molecule has 1 amide bonds. The Morgan fingerprint density at radius 1 is 1.32 bits per heavy atom. The van der Waals surface area contributed by atoms with Crippen molar-refractivity contribution in [1.29, 1.82) is 5.26 Å². The van der Waals surface area contributed by atoms with Crippen LogP contribution in [0.15, 0.2) is 12.1 Å². The van der Waals surface area contributed by atoms with Gasteiger partial charge < -0.3 is 10.6 Å². The molecule has 1 aromatic carbocycles. The molecule has 2 N–H and O–H groups in total. The highest BCUT2D eigenvalue weighted by Gasteiger charge is 2.42. The van der Waals surface area contributed by atoms with Crippen molar-refractivity contribution in [3.8, 4) is 6.07 Å². The minimum Gasteiger partial charge on any atom is -0.398 e. The molecule has 0 saturated heterocycles. The molecule has 0 aliphatic heterocycles. The average molecular weight is 255 g/mol. The van der Waals surface area contributed by atoms with Crippen LogP contribution in [0, 0.1) is 18.3 Å². The van der Waals surface area contributed by atoms with Crippen molar-refractivity contribution >= 4 is 11.6 Å². The highest BCUT2D eigenvalue weighted by Crippen LogP contribution is 2.39. The van der Waals surface area contributed by atoms with E-state index in [0.29, 0.717) is 28.9 Å². The third-order valence-electron chi connectivity index (χ3n) is 3.86. The van der Waals surface area contributed by atoms with Gasteiger partial charge in [0.25, 0.3) is 5.91 Å².